The summed E-state index contributed by atoms with van der Waals surface area (Å²) in [6.45, 7) is 0. The summed E-state index contributed by atoms with van der Waals surface area (Å²) in [5, 5.41) is 2.25. The molecule has 0 bridgehead atoms. The number of hydrogen-bond donors (Lipinski definition) is 0. The Hall–Kier alpha value is -6.98. The Labute approximate surface area is 294 Å². The van der Waals surface area contributed by atoms with Gasteiger partial charge in [-0.15, -0.1) is 0 Å². The van der Waals surface area contributed by atoms with Crippen LogP contribution in [0.1, 0.15) is 15.9 Å². The number of carbonyl (C=O) groups excluding carboxylic acids is 1. The van der Waals surface area contributed by atoms with E-state index in [0.717, 1.165) is 60.9 Å². The van der Waals surface area contributed by atoms with Gasteiger partial charge in [0.25, 0.3) is 0 Å². The first-order valence-corrected chi connectivity index (χ1v) is 17.0. The van der Waals surface area contributed by atoms with Gasteiger partial charge in [0.1, 0.15) is 0 Å². The van der Waals surface area contributed by atoms with Crippen LogP contribution >= 0.6 is 0 Å². The second-order valence-electron chi connectivity index (χ2n) is 12.7. The fourth-order valence-corrected chi connectivity index (χ4v) is 7.54. The van der Waals surface area contributed by atoms with Crippen LogP contribution in [-0.2, 0) is 0 Å². The summed E-state index contributed by atoms with van der Waals surface area (Å²) in [7, 11) is 0. The van der Waals surface area contributed by atoms with Crippen LogP contribution in [0.4, 0.5) is 0 Å². The minimum absolute atomic E-state index is 0.0415. The number of hydrogen-bond acceptors (Lipinski definition) is 4. The van der Waals surface area contributed by atoms with E-state index in [1.165, 1.54) is 0 Å². The molecule has 0 saturated heterocycles. The SMILES string of the molecule is O=C1c2ccccc2-c2cc(-c3ccccc3)c(-n3c4ccccc4c4ccccc43)c(-c3nc(-c4ccccc4)nc(-c4ccccc4)n3)c21. The van der Waals surface area contributed by atoms with E-state index in [4.69, 9.17) is 15.0 Å². The summed E-state index contributed by atoms with van der Waals surface area (Å²) in [5.74, 6) is 1.47. The summed E-state index contributed by atoms with van der Waals surface area (Å²) >= 11 is 0. The van der Waals surface area contributed by atoms with E-state index >= 15 is 0 Å². The molecule has 0 atom stereocenters. The molecule has 0 unspecified atom stereocenters. The van der Waals surface area contributed by atoms with E-state index in [2.05, 4.69) is 83.4 Å². The molecular formula is C46H28N4O. The van der Waals surface area contributed by atoms with Gasteiger partial charge in [0, 0.05) is 38.6 Å². The number of carbonyl (C=O) groups is 1. The highest BCUT2D eigenvalue weighted by molar-refractivity contribution is 6.26. The quantitative estimate of drug-likeness (QED) is 0.186. The second kappa shape index (κ2) is 11.6. The van der Waals surface area contributed by atoms with Crippen LogP contribution in [0.25, 0.3) is 83.9 Å². The minimum Gasteiger partial charge on any atom is -0.308 e. The third-order valence-corrected chi connectivity index (χ3v) is 9.80. The maximum atomic E-state index is 14.8. The largest absolute Gasteiger partial charge is 0.308 e. The number of para-hydroxylation sites is 2. The van der Waals surface area contributed by atoms with Crippen molar-refractivity contribution in [3.63, 3.8) is 0 Å². The summed E-state index contributed by atoms with van der Waals surface area (Å²) in [4.78, 5) is 30.3. The molecule has 10 rings (SSSR count). The third kappa shape index (κ3) is 4.56. The molecule has 2 heterocycles. The molecule has 0 fully saturated rings. The van der Waals surface area contributed by atoms with Gasteiger partial charge in [-0.25, -0.2) is 15.0 Å². The van der Waals surface area contributed by atoms with Crippen molar-refractivity contribution in [1.29, 1.82) is 0 Å². The molecule has 7 aromatic carbocycles. The van der Waals surface area contributed by atoms with Crippen LogP contribution in [-0.4, -0.2) is 25.3 Å². The average molecular weight is 653 g/mol. The molecule has 0 aliphatic heterocycles. The molecule has 238 valence electrons. The van der Waals surface area contributed by atoms with E-state index in [1.807, 2.05) is 91.0 Å². The Bertz CT molecular complexity index is 2700. The van der Waals surface area contributed by atoms with Crippen molar-refractivity contribution in [2.75, 3.05) is 0 Å². The standard InChI is InChI=1S/C46H28N4O/c51-43-35-25-11-10-22-32(35)37-28-36(29-16-4-1-5-17-29)42(50-38-26-14-12-23-33(38)34-24-13-15-27-39(34)50)41(40(37)43)46-48-44(30-18-6-2-7-19-30)47-45(49-46)31-20-8-3-9-21-31/h1-28H. The Morgan fingerprint density at radius 1 is 0.373 bits per heavy atom. The summed E-state index contributed by atoms with van der Waals surface area (Å²) in [6, 6.07) is 57.3. The van der Waals surface area contributed by atoms with Gasteiger partial charge in [0.15, 0.2) is 23.3 Å². The zero-order valence-electron chi connectivity index (χ0n) is 27.4. The van der Waals surface area contributed by atoms with Gasteiger partial charge < -0.3 is 4.57 Å². The van der Waals surface area contributed by atoms with Gasteiger partial charge >= 0.3 is 0 Å². The number of rotatable bonds is 5. The predicted octanol–water partition coefficient (Wildman–Crippen LogP) is 10.8. The summed E-state index contributed by atoms with van der Waals surface area (Å²) in [6.07, 6.45) is 0. The van der Waals surface area contributed by atoms with Crippen LogP contribution in [0, 0.1) is 0 Å². The molecule has 51 heavy (non-hydrogen) atoms. The van der Waals surface area contributed by atoms with Crippen molar-refractivity contribution < 1.29 is 4.79 Å². The first-order valence-electron chi connectivity index (χ1n) is 17.0. The molecule has 1 aliphatic carbocycles. The molecule has 0 N–H and O–H groups in total. The van der Waals surface area contributed by atoms with Crippen LogP contribution in [0.3, 0.4) is 0 Å². The van der Waals surface area contributed by atoms with Gasteiger partial charge in [0.05, 0.1) is 22.3 Å². The molecule has 0 saturated carbocycles. The Kier molecular flexibility index (Phi) is 6.58. The number of nitrogens with zero attached hydrogens (tertiary/aromatic N) is 4. The molecule has 0 amide bonds. The van der Waals surface area contributed by atoms with Crippen molar-refractivity contribution in [2.45, 2.75) is 0 Å². The Morgan fingerprint density at radius 2 is 0.824 bits per heavy atom. The van der Waals surface area contributed by atoms with Gasteiger partial charge in [0.2, 0.25) is 0 Å². The molecular weight excluding hydrogens is 625 g/mol. The van der Waals surface area contributed by atoms with Crippen molar-refractivity contribution in [3.8, 4) is 62.1 Å². The monoisotopic (exact) mass is 652 g/mol. The fourth-order valence-electron chi connectivity index (χ4n) is 7.54. The van der Waals surface area contributed by atoms with E-state index in [0.29, 0.717) is 34.2 Å². The highest BCUT2D eigenvalue weighted by atomic mass is 16.1. The summed E-state index contributed by atoms with van der Waals surface area (Å²) < 4.78 is 2.30. The number of benzene rings is 7. The van der Waals surface area contributed by atoms with Crippen molar-refractivity contribution in [2.24, 2.45) is 0 Å². The fraction of sp³-hybridized carbons (Fsp3) is 0. The Balaban J connectivity index is 1.43. The lowest BCUT2D eigenvalue weighted by Crippen LogP contribution is -2.10. The number of ketones is 1. The van der Waals surface area contributed by atoms with Gasteiger partial charge in [-0.1, -0.05) is 152 Å². The second-order valence-corrected chi connectivity index (χ2v) is 12.7. The molecule has 0 spiro atoms. The number of aromatic nitrogens is 4. The smallest absolute Gasteiger partial charge is 0.195 e. The molecule has 9 aromatic rings. The molecule has 0 radical (unpaired) electrons. The summed E-state index contributed by atoms with van der Waals surface area (Å²) in [5.41, 5.74) is 10.4. The van der Waals surface area contributed by atoms with Crippen LogP contribution in [0.2, 0.25) is 0 Å². The Morgan fingerprint density at radius 3 is 1.39 bits per heavy atom. The molecule has 5 heteroatoms. The lowest BCUT2D eigenvalue weighted by molar-refractivity contribution is 0.104. The first kappa shape index (κ1) is 29.0. The maximum Gasteiger partial charge on any atom is 0.195 e. The zero-order valence-corrected chi connectivity index (χ0v) is 27.4. The van der Waals surface area contributed by atoms with Crippen molar-refractivity contribution in [1.82, 2.24) is 19.5 Å². The lowest BCUT2D eigenvalue weighted by Gasteiger charge is -2.22. The van der Waals surface area contributed by atoms with E-state index < -0.39 is 0 Å². The van der Waals surface area contributed by atoms with Gasteiger partial charge in [-0.05, 0) is 34.9 Å². The normalized spacial score (nSPS) is 12.0. The topological polar surface area (TPSA) is 60.7 Å². The maximum absolute atomic E-state index is 14.8. The van der Waals surface area contributed by atoms with Crippen LogP contribution in [0.15, 0.2) is 170 Å². The number of fused-ring (bicyclic) bond motifs is 6. The van der Waals surface area contributed by atoms with E-state index in [9.17, 15) is 4.79 Å². The lowest BCUT2D eigenvalue weighted by atomic mass is 9.90. The van der Waals surface area contributed by atoms with Gasteiger partial charge in [-0.2, -0.15) is 0 Å². The third-order valence-electron chi connectivity index (χ3n) is 9.80. The van der Waals surface area contributed by atoms with Crippen LogP contribution in [0.5, 0.6) is 0 Å². The zero-order chi connectivity index (χ0) is 33.9. The van der Waals surface area contributed by atoms with Crippen LogP contribution < -0.4 is 0 Å². The molecule has 2 aromatic heterocycles. The van der Waals surface area contributed by atoms with E-state index in [-0.39, 0.29) is 5.78 Å². The van der Waals surface area contributed by atoms with Crippen molar-refractivity contribution in [3.05, 3.63) is 181 Å². The van der Waals surface area contributed by atoms with E-state index in [1.54, 1.807) is 0 Å². The van der Waals surface area contributed by atoms with Gasteiger partial charge in [-0.3, -0.25) is 4.79 Å². The molecule has 5 nitrogen and oxygen atoms in total. The highest BCUT2D eigenvalue weighted by Gasteiger charge is 2.35. The first-order chi connectivity index (χ1) is 25.2. The predicted molar refractivity (Wildman–Crippen MR) is 205 cm³/mol. The minimum atomic E-state index is -0.0415. The average Bonchev–Trinajstić information content (AvgIpc) is 3.69. The van der Waals surface area contributed by atoms with Crippen molar-refractivity contribution >= 4 is 27.6 Å². The molecule has 1 aliphatic rings. The highest BCUT2D eigenvalue weighted by Crippen LogP contribution is 2.49.